The average Bonchev–Trinajstić information content (AvgIpc) is 4.16. The first-order valence-electron chi connectivity index (χ1n) is 22.8. The minimum atomic E-state index is -0.198. The Bertz CT molecular complexity index is 2780. The van der Waals surface area contributed by atoms with Crippen LogP contribution in [0.5, 0.6) is 11.5 Å². The first kappa shape index (κ1) is 47.1. The highest BCUT2D eigenvalue weighted by molar-refractivity contribution is 5.81. The van der Waals surface area contributed by atoms with Gasteiger partial charge in [0.15, 0.2) is 11.3 Å². The average molecular weight is 919 g/mol. The van der Waals surface area contributed by atoms with Gasteiger partial charge in [-0.1, -0.05) is 13.5 Å². The summed E-state index contributed by atoms with van der Waals surface area (Å²) in [5, 5.41) is 16.9. The monoisotopic (exact) mass is 918 g/mol. The predicted octanol–water partition coefficient (Wildman–Crippen LogP) is 5.05. The van der Waals surface area contributed by atoms with Crippen molar-refractivity contribution >= 4 is 28.7 Å². The predicted molar refractivity (Wildman–Crippen MR) is 249 cm³/mol. The summed E-state index contributed by atoms with van der Waals surface area (Å²) in [6, 6.07) is 6.39. The van der Waals surface area contributed by atoms with Crippen molar-refractivity contribution in [1.29, 1.82) is 0 Å². The third-order valence-corrected chi connectivity index (χ3v) is 13.0. The molecule has 0 spiro atoms. The maximum atomic E-state index is 14.5. The molecule has 18 heteroatoms. The molecule has 0 saturated carbocycles. The number of halogens is 2. The Labute approximate surface area is 389 Å². The van der Waals surface area contributed by atoms with Crippen LogP contribution in [0.4, 0.5) is 8.78 Å². The molecule has 10 rings (SSSR count). The van der Waals surface area contributed by atoms with Gasteiger partial charge in [-0.15, -0.1) is 20.4 Å². The van der Waals surface area contributed by atoms with E-state index >= 15 is 0 Å². The summed E-state index contributed by atoms with van der Waals surface area (Å²) < 4.78 is 44.0. The largest absolute Gasteiger partial charge is 0.493 e. The maximum absolute atomic E-state index is 14.5. The maximum Gasteiger partial charge on any atom is 0.237 e. The van der Waals surface area contributed by atoms with Crippen molar-refractivity contribution in [3.8, 4) is 11.5 Å². The molecule has 2 amide bonds. The van der Waals surface area contributed by atoms with Gasteiger partial charge in [0.05, 0.1) is 26.3 Å². The zero-order valence-corrected chi connectivity index (χ0v) is 38.0. The number of aromatic nitrogens is 8. The molecule has 1 fully saturated rings. The zero-order chi connectivity index (χ0) is 45.9. The number of piperidine rings is 1. The summed E-state index contributed by atoms with van der Waals surface area (Å²) in [6.07, 6.45) is 15.3. The quantitative estimate of drug-likeness (QED) is 0.162. The van der Waals surface area contributed by atoms with Crippen LogP contribution in [0.3, 0.4) is 0 Å². The Morgan fingerprint density at radius 3 is 1.78 bits per heavy atom. The molecular weight excluding hydrogens is 859 g/mol. The van der Waals surface area contributed by atoms with Crippen LogP contribution < -0.4 is 9.47 Å². The number of amides is 2. The second-order valence-electron chi connectivity index (χ2n) is 17.9. The summed E-state index contributed by atoms with van der Waals surface area (Å²) in [5.41, 5.74) is 8.01. The molecule has 67 heavy (non-hydrogen) atoms. The highest BCUT2D eigenvalue weighted by Gasteiger charge is 2.28. The van der Waals surface area contributed by atoms with Gasteiger partial charge in [-0.2, -0.15) is 0 Å². The third kappa shape index (κ3) is 10.1. The van der Waals surface area contributed by atoms with E-state index in [1.807, 2.05) is 69.0 Å². The number of aryl methyl sites for hydroxylation is 2. The number of carbonyl (C=O) groups is 2. The van der Waals surface area contributed by atoms with Gasteiger partial charge < -0.3 is 29.1 Å². The summed E-state index contributed by atoms with van der Waals surface area (Å²) in [6.45, 7) is 4.76. The molecular formula is C49H60F2N12O4. The van der Waals surface area contributed by atoms with Gasteiger partial charge >= 0.3 is 0 Å². The fraction of sp³-hybridized carbons (Fsp3) is 0.469. The molecule has 4 aromatic heterocycles. The number of benzene rings is 2. The van der Waals surface area contributed by atoms with Crippen molar-refractivity contribution < 1.29 is 27.8 Å². The summed E-state index contributed by atoms with van der Waals surface area (Å²) in [5.74, 6) is 3.37. The topological polar surface area (TPSA) is 152 Å². The van der Waals surface area contributed by atoms with E-state index < -0.39 is 0 Å². The molecule has 4 aliphatic rings. The number of rotatable bonds is 12. The summed E-state index contributed by atoms with van der Waals surface area (Å²) >= 11 is 0. The van der Waals surface area contributed by atoms with Crippen LogP contribution in [0.2, 0.25) is 0 Å². The number of likely N-dealkylation sites (N-methyl/N-ethyl adjacent to an activating group) is 2. The molecule has 354 valence electrons. The van der Waals surface area contributed by atoms with E-state index in [2.05, 4.69) is 31.5 Å². The zero-order valence-electron chi connectivity index (χ0n) is 38.0. The lowest BCUT2D eigenvalue weighted by molar-refractivity contribution is -0.133. The molecule has 0 N–H and O–H groups in total. The Morgan fingerprint density at radius 2 is 1.22 bits per heavy atom. The number of hydrogen-bond acceptors (Lipinski definition) is 12. The standard InChI is InChI=1S/C24H29FN6O2.C24H27FN6O2.CH4/c2*1-29(2)14-23(32)30-10-7-16(8-11-30)19-13-26-22(31-15-27-28-24(19)31)6-3-17-18-9-12-33-21(18)5-4-20(17)25;/h4-5,13,15-16H,3,6-12,14H2,1-2H3;4-5,7,13,15H,3,6,8-12,14H2,1-2H3;1H4. The molecule has 0 aliphatic carbocycles. The number of nitrogens with zero attached hydrogens (tertiary/aromatic N) is 12. The van der Waals surface area contributed by atoms with Crippen LogP contribution in [0.25, 0.3) is 16.9 Å². The summed E-state index contributed by atoms with van der Waals surface area (Å²) in [4.78, 5) is 41.7. The fourth-order valence-electron chi connectivity index (χ4n) is 9.60. The Balaban J connectivity index is 0.000000179. The minimum Gasteiger partial charge on any atom is -0.493 e. The number of ether oxygens (including phenoxy) is 2. The van der Waals surface area contributed by atoms with Crippen molar-refractivity contribution in [2.24, 2.45) is 0 Å². The lowest BCUT2D eigenvalue weighted by atomic mass is 9.90. The minimum absolute atomic E-state index is 0. The molecule has 0 atom stereocenters. The molecule has 0 radical (unpaired) electrons. The summed E-state index contributed by atoms with van der Waals surface area (Å²) in [7, 11) is 7.61. The van der Waals surface area contributed by atoms with Gasteiger partial charge in [0.25, 0.3) is 0 Å². The fourth-order valence-corrected chi connectivity index (χ4v) is 9.60. The van der Waals surface area contributed by atoms with E-state index in [0.29, 0.717) is 76.2 Å². The lowest BCUT2D eigenvalue weighted by Gasteiger charge is -2.32. The number of hydrogen-bond donors (Lipinski definition) is 0. The first-order valence-corrected chi connectivity index (χ1v) is 22.8. The SMILES string of the molecule is C.CN(C)CC(=O)N1CC=C(c2cnc(CCc3c(F)ccc4c3CCO4)n3cnnc23)CC1.CN(C)CC(=O)N1CCC(c2cnc(CCc3c(F)ccc4c3CCO4)n3cnnc23)CC1. The molecule has 0 bridgehead atoms. The molecule has 2 aromatic carbocycles. The van der Waals surface area contributed by atoms with E-state index in [0.717, 1.165) is 107 Å². The first-order chi connectivity index (χ1) is 32.0. The van der Waals surface area contributed by atoms with Gasteiger partial charge in [-0.05, 0) is 107 Å². The van der Waals surface area contributed by atoms with Crippen molar-refractivity contribution in [2.45, 2.75) is 71.1 Å². The highest BCUT2D eigenvalue weighted by atomic mass is 19.1. The third-order valence-electron chi connectivity index (χ3n) is 13.0. The van der Waals surface area contributed by atoms with Gasteiger partial charge in [0, 0.05) is 86.5 Å². The van der Waals surface area contributed by atoms with Crippen molar-refractivity contribution in [3.63, 3.8) is 0 Å². The smallest absolute Gasteiger partial charge is 0.237 e. The number of carbonyl (C=O) groups excluding carboxylic acids is 2. The lowest BCUT2D eigenvalue weighted by Crippen LogP contribution is -2.42. The number of likely N-dealkylation sites (tertiary alicyclic amines) is 1. The number of fused-ring (bicyclic) bond motifs is 4. The van der Waals surface area contributed by atoms with E-state index in [1.54, 1.807) is 24.8 Å². The molecule has 8 heterocycles. The van der Waals surface area contributed by atoms with Crippen LogP contribution in [0.15, 0.2) is 55.4 Å². The van der Waals surface area contributed by atoms with Crippen LogP contribution in [-0.2, 0) is 48.1 Å². The van der Waals surface area contributed by atoms with Crippen LogP contribution in [0, 0.1) is 11.6 Å². The molecule has 6 aromatic rings. The van der Waals surface area contributed by atoms with Gasteiger partial charge in [-0.25, -0.2) is 18.7 Å². The molecule has 1 saturated heterocycles. The van der Waals surface area contributed by atoms with Crippen LogP contribution in [0.1, 0.15) is 77.6 Å². The normalized spacial score (nSPS) is 15.8. The van der Waals surface area contributed by atoms with Gasteiger partial charge in [-0.3, -0.25) is 18.4 Å². The van der Waals surface area contributed by atoms with Crippen molar-refractivity contribution in [2.75, 3.05) is 80.7 Å². The van der Waals surface area contributed by atoms with Crippen molar-refractivity contribution in [3.05, 3.63) is 112 Å². The van der Waals surface area contributed by atoms with E-state index in [4.69, 9.17) is 14.5 Å². The van der Waals surface area contributed by atoms with Crippen molar-refractivity contribution in [1.82, 2.24) is 58.8 Å². The Kier molecular flexibility index (Phi) is 14.5. The molecule has 4 aliphatic heterocycles. The Morgan fingerprint density at radius 1 is 0.687 bits per heavy atom. The van der Waals surface area contributed by atoms with E-state index in [1.165, 1.54) is 12.1 Å². The second-order valence-corrected chi connectivity index (χ2v) is 17.9. The van der Waals surface area contributed by atoms with Gasteiger partial charge in [0.2, 0.25) is 11.8 Å². The van der Waals surface area contributed by atoms with E-state index in [9.17, 15) is 18.4 Å². The van der Waals surface area contributed by atoms with Crippen LogP contribution in [-0.4, -0.2) is 151 Å². The highest BCUT2D eigenvalue weighted by Crippen LogP contribution is 2.34. The van der Waals surface area contributed by atoms with Crippen LogP contribution >= 0.6 is 0 Å². The van der Waals surface area contributed by atoms with Gasteiger partial charge in [0.1, 0.15) is 47.4 Å². The van der Waals surface area contributed by atoms with E-state index in [-0.39, 0.29) is 36.8 Å². The molecule has 0 unspecified atom stereocenters. The second kappa shape index (κ2) is 20.6. The Hall–Kier alpha value is -6.40. The molecule has 16 nitrogen and oxygen atoms in total.